The van der Waals surface area contributed by atoms with E-state index in [9.17, 15) is 0 Å². The molecule has 1 aromatic carbocycles. The van der Waals surface area contributed by atoms with Gasteiger partial charge in [-0.2, -0.15) is 5.10 Å². The van der Waals surface area contributed by atoms with Gasteiger partial charge in [0.05, 0.1) is 24.9 Å². The number of nitrogens with one attached hydrogen (secondary N) is 2. The van der Waals surface area contributed by atoms with E-state index in [4.69, 9.17) is 4.74 Å². The lowest BCUT2D eigenvalue weighted by atomic mass is 10.1. The van der Waals surface area contributed by atoms with E-state index in [-0.39, 0.29) is 6.04 Å². The van der Waals surface area contributed by atoms with Crippen molar-refractivity contribution in [2.75, 3.05) is 19.8 Å². The van der Waals surface area contributed by atoms with Crippen LogP contribution in [0.4, 0.5) is 0 Å². The van der Waals surface area contributed by atoms with Crippen LogP contribution >= 0.6 is 0 Å². The van der Waals surface area contributed by atoms with Crippen LogP contribution in [0.25, 0.3) is 10.9 Å². The van der Waals surface area contributed by atoms with Crippen LogP contribution < -0.4 is 0 Å². The van der Waals surface area contributed by atoms with E-state index in [1.54, 1.807) is 6.20 Å². The summed E-state index contributed by atoms with van der Waals surface area (Å²) in [5.41, 5.74) is 3.63. The average molecular weight is 282 g/mol. The summed E-state index contributed by atoms with van der Waals surface area (Å²) in [6, 6.07) is 11.0. The molecule has 0 bridgehead atoms. The summed E-state index contributed by atoms with van der Waals surface area (Å²) < 4.78 is 5.64. The number of benzene rings is 1. The molecule has 4 rings (SSSR count). The fourth-order valence-electron chi connectivity index (χ4n) is 2.99. The van der Waals surface area contributed by atoms with Gasteiger partial charge >= 0.3 is 0 Å². The molecular weight excluding hydrogens is 264 g/mol. The van der Waals surface area contributed by atoms with Crippen LogP contribution in [-0.2, 0) is 11.3 Å². The van der Waals surface area contributed by atoms with E-state index in [0.29, 0.717) is 6.61 Å². The summed E-state index contributed by atoms with van der Waals surface area (Å²) in [6.07, 6.45) is 3.78. The van der Waals surface area contributed by atoms with Gasteiger partial charge in [0.1, 0.15) is 0 Å². The number of morpholine rings is 1. The highest BCUT2D eigenvalue weighted by Crippen LogP contribution is 2.25. The number of rotatable bonds is 3. The highest BCUT2D eigenvalue weighted by atomic mass is 16.5. The summed E-state index contributed by atoms with van der Waals surface area (Å²) in [6.45, 7) is 3.36. The van der Waals surface area contributed by atoms with Crippen molar-refractivity contribution in [3.05, 3.63) is 54.0 Å². The molecule has 1 unspecified atom stereocenters. The van der Waals surface area contributed by atoms with Gasteiger partial charge in [0.25, 0.3) is 0 Å². The fourth-order valence-corrected chi connectivity index (χ4v) is 2.99. The van der Waals surface area contributed by atoms with E-state index in [2.05, 4.69) is 44.3 Å². The van der Waals surface area contributed by atoms with E-state index in [1.807, 2.05) is 12.3 Å². The molecule has 0 spiro atoms. The first-order valence-electron chi connectivity index (χ1n) is 7.27. The molecule has 3 aromatic rings. The number of aromatic amines is 2. The van der Waals surface area contributed by atoms with Crippen molar-refractivity contribution in [1.82, 2.24) is 20.1 Å². The second-order valence-electron chi connectivity index (χ2n) is 5.47. The molecule has 21 heavy (non-hydrogen) atoms. The zero-order chi connectivity index (χ0) is 14.1. The molecule has 1 aliphatic heterocycles. The second-order valence-corrected chi connectivity index (χ2v) is 5.47. The number of H-pyrrole nitrogens is 2. The highest BCUT2D eigenvalue weighted by Gasteiger charge is 2.25. The van der Waals surface area contributed by atoms with Gasteiger partial charge in [-0.05, 0) is 29.1 Å². The molecule has 1 atom stereocenters. The van der Waals surface area contributed by atoms with Gasteiger partial charge < -0.3 is 9.72 Å². The SMILES string of the molecule is c1cc(C2COCCN2Cc2ccc3cc[nH]c3c2)[nH]n1. The summed E-state index contributed by atoms with van der Waals surface area (Å²) in [5.74, 6) is 0. The standard InChI is InChI=1S/C16H18N4O/c1-2-13-3-5-17-15(13)9-12(1)10-20-7-8-21-11-16(20)14-4-6-18-19-14/h1-6,9,16-17H,7-8,10-11H2,(H,18,19). The Morgan fingerprint density at radius 3 is 3.19 bits per heavy atom. The largest absolute Gasteiger partial charge is 0.378 e. The number of aromatic nitrogens is 3. The fraction of sp³-hybridized carbons (Fsp3) is 0.312. The first kappa shape index (κ1) is 12.6. The lowest BCUT2D eigenvalue weighted by Crippen LogP contribution is -2.39. The first-order valence-corrected chi connectivity index (χ1v) is 7.27. The topological polar surface area (TPSA) is 56.9 Å². The Morgan fingerprint density at radius 1 is 1.29 bits per heavy atom. The Balaban J connectivity index is 1.58. The molecule has 2 aromatic heterocycles. The van der Waals surface area contributed by atoms with Crippen LogP contribution in [0.15, 0.2) is 42.7 Å². The zero-order valence-corrected chi connectivity index (χ0v) is 11.7. The van der Waals surface area contributed by atoms with Gasteiger partial charge in [-0.25, -0.2) is 0 Å². The minimum Gasteiger partial charge on any atom is -0.378 e. The molecule has 5 heteroatoms. The number of ether oxygens (including phenoxy) is 1. The van der Waals surface area contributed by atoms with Crippen molar-refractivity contribution in [3.63, 3.8) is 0 Å². The maximum Gasteiger partial charge on any atom is 0.0755 e. The molecule has 0 aliphatic carbocycles. The van der Waals surface area contributed by atoms with Crippen molar-refractivity contribution in [1.29, 1.82) is 0 Å². The highest BCUT2D eigenvalue weighted by molar-refractivity contribution is 5.79. The third kappa shape index (κ3) is 2.46. The minimum absolute atomic E-state index is 0.251. The summed E-state index contributed by atoms with van der Waals surface area (Å²) in [5, 5.41) is 8.39. The Labute approximate surface area is 122 Å². The van der Waals surface area contributed by atoms with E-state index >= 15 is 0 Å². The second kappa shape index (κ2) is 5.35. The van der Waals surface area contributed by atoms with Gasteiger partial charge in [0, 0.05) is 31.0 Å². The lowest BCUT2D eigenvalue weighted by molar-refractivity contribution is -0.0142. The molecule has 1 fully saturated rings. The predicted octanol–water partition coefficient (Wildman–Crippen LogP) is 2.46. The van der Waals surface area contributed by atoms with Gasteiger partial charge in [-0.3, -0.25) is 10.00 Å². The van der Waals surface area contributed by atoms with Crippen LogP contribution in [0.2, 0.25) is 0 Å². The van der Waals surface area contributed by atoms with Crippen LogP contribution in [0.3, 0.4) is 0 Å². The van der Waals surface area contributed by atoms with Crippen molar-refractivity contribution >= 4 is 10.9 Å². The maximum absolute atomic E-state index is 5.64. The smallest absolute Gasteiger partial charge is 0.0755 e. The molecule has 0 saturated carbocycles. The summed E-state index contributed by atoms with van der Waals surface area (Å²) >= 11 is 0. The van der Waals surface area contributed by atoms with Crippen molar-refractivity contribution in [2.24, 2.45) is 0 Å². The summed E-state index contributed by atoms with van der Waals surface area (Å²) in [4.78, 5) is 5.72. The van der Waals surface area contributed by atoms with Crippen LogP contribution in [-0.4, -0.2) is 39.8 Å². The van der Waals surface area contributed by atoms with Gasteiger partial charge in [0.15, 0.2) is 0 Å². The number of fused-ring (bicyclic) bond motifs is 1. The van der Waals surface area contributed by atoms with Crippen LogP contribution in [0, 0.1) is 0 Å². The predicted molar refractivity (Wildman–Crippen MR) is 80.9 cm³/mol. The first-order chi connectivity index (χ1) is 10.4. The third-order valence-electron chi connectivity index (χ3n) is 4.13. The average Bonchev–Trinajstić information content (AvgIpc) is 3.19. The van der Waals surface area contributed by atoms with Crippen LogP contribution in [0.1, 0.15) is 17.3 Å². The molecule has 3 heterocycles. The quantitative estimate of drug-likeness (QED) is 0.776. The number of nitrogens with zero attached hydrogens (tertiary/aromatic N) is 2. The Morgan fingerprint density at radius 2 is 2.29 bits per heavy atom. The number of hydrogen-bond acceptors (Lipinski definition) is 3. The van der Waals surface area contributed by atoms with E-state index < -0.39 is 0 Å². The van der Waals surface area contributed by atoms with Gasteiger partial charge in [-0.1, -0.05) is 12.1 Å². The lowest BCUT2D eigenvalue weighted by Gasteiger charge is -2.34. The molecule has 2 N–H and O–H groups in total. The normalized spacial score (nSPS) is 20.1. The maximum atomic E-state index is 5.64. The van der Waals surface area contributed by atoms with Crippen molar-refractivity contribution in [2.45, 2.75) is 12.6 Å². The monoisotopic (exact) mass is 282 g/mol. The van der Waals surface area contributed by atoms with Crippen LogP contribution in [0.5, 0.6) is 0 Å². The molecular formula is C16H18N4O. The number of hydrogen-bond donors (Lipinski definition) is 2. The summed E-state index contributed by atoms with van der Waals surface area (Å²) in [7, 11) is 0. The van der Waals surface area contributed by atoms with Gasteiger partial charge in [0.2, 0.25) is 0 Å². The Bertz CT molecular complexity index is 719. The van der Waals surface area contributed by atoms with E-state index in [1.165, 1.54) is 16.5 Å². The Hall–Kier alpha value is -2.11. The third-order valence-corrected chi connectivity index (χ3v) is 4.13. The minimum atomic E-state index is 0.251. The molecule has 1 saturated heterocycles. The van der Waals surface area contributed by atoms with Gasteiger partial charge in [-0.15, -0.1) is 0 Å². The molecule has 0 amide bonds. The molecule has 108 valence electrons. The van der Waals surface area contributed by atoms with Crippen molar-refractivity contribution < 1.29 is 4.74 Å². The molecule has 0 radical (unpaired) electrons. The molecule has 1 aliphatic rings. The Kier molecular flexibility index (Phi) is 3.21. The molecule has 5 nitrogen and oxygen atoms in total. The zero-order valence-electron chi connectivity index (χ0n) is 11.7. The van der Waals surface area contributed by atoms with Crippen molar-refractivity contribution in [3.8, 4) is 0 Å². The van der Waals surface area contributed by atoms with E-state index in [0.717, 1.165) is 25.4 Å².